The van der Waals surface area contributed by atoms with Crippen LogP contribution >= 0.6 is 0 Å². The average molecular weight is 242 g/mol. The van der Waals surface area contributed by atoms with E-state index in [1.54, 1.807) is 0 Å². The smallest absolute Gasteiger partial charge is 0.0593 e. The van der Waals surface area contributed by atoms with Gasteiger partial charge in [0.05, 0.1) is 6.61 Å². The summed E-state index contributed by atoms with van der Waals surface area (Å²) >= 11 is 0. The maximum absolute atomic E-state index is 5.83. The fourth-order valence-corrected chi connectivity index (χ4v) is 2.67. The second-order valence-corrected chi connectivity index (χ2v) is 5.22. The highest BCUT2D eigenvalue weighted by molar-refractivity contribution is 4.80. The van der Waals surface area contributed by atoms with Gasteiger partial charge in [-0.3, -0.25) is 0 Å². The zero-order valence-electron chi connectivity index (χ0n) is 11.7. The van der Waals surface area contributed by atoms with Crippen molar-refractivity contribution in [2.75, 3.05) is 39.4 Å². The first kappa shape index (κ1) is 14.9. The molecule has 1 fully saturated rings. The van der Waals surface area contributed by atoms with Gasteiger partial charge in [-0.1, -0.05) is 26.7 Å². The molecular weight excluding hydrogens is 212 g/mol. The van der Waals surface area contributed by atoms with Crippen LogP contribution in [0.25, 0.3) is 0 Å². The molecule has 1 aliphatic heterocycles. The Hall–Kier alpha value is -0.120. The van der Waals surface area contributed by atoms with Crippen molar-refractivity contribution in [1.29, 1.82) is 0 Å². The molecule has 0 saturated carbocycles. The number of hydrogen-bond donors (Lipinski definition) is 1. The Morgan fingerprint density at radius 2 is 2.06 bits per heavy atom. The molecule has 3 heteroatoms. The maximum Gasteiger partial charge on any atom is 0.0593 e. The topological polar surface area (TPSA) is 38.5 Å². The second-order valence-electron chi connectivity index (χ2n) is 5.22. The van der Waals surface area contributed by atoms with Crippen molar-refractivity contribution in [2.24, 2.45) is 17.6 Å². The molecule has 0 aromatic heterocycles. The summed E-state index contributed by atoms with van der Waals surface area (Å²) in [5.74, 6) is 1.54. The third-order valence-electron chi connectivity index (χ3n) is 4.00. The Labute approximate surface area is 107 Å². The monoisotopic (exact) mass is 242 g/mol. The lowest BCUT2D eigenvalue weighted by molar-refractivity contribution is 0.0661. The molecule has 3 nitrogen and oxygen atoms in total. The van der Waals surface area contributed by atoms with Gasteiger partial charge in [0, 0.05) is 19.7 Å². The molecule has 1 saturated heterocycles. The quantitative estimate of drug-likeness (QED) is 0.663. The van der Waals surface area contributed by atoms with Crippen LogP contribution in [0, 0.1) is 11.8 Å². The van der Waals surface area contributed by atoms with Gasteiger partial charge in [0.1, 0.15) is 0 Å². The summed E-state index contributed by atoms with van der Waals surface area (Å²) in [6.07, 6.45) is 4.94. The Morgan fingerprint density at radius 3 is 2.71 bits per heavy atom. The Kier molecular flexibility index (Phi) is 7.82. The van der Waals surface area contributed by atoms with Crippen LogP contribution in [-0.4, -0.2) is 44.3 Å². The molecular formula is C14H30N2O. The third kappa shape index (κ3) is 5.36. The molecule has 0 radical (unpaired) electrons. The van der Waals surface area contributed by atoms with E-state index in [0.717, 1.165) is 38.1 Å². The summed E-state index contributed by atoms with van der Waals surface area (Å²) in [4.78, 5) is 2.55. The Morgan fingerprint density at radius 1 is 1.24 bits per heavy atom. The number of nitrogens with two attached hydrogens (primary N) is 1. The largest absolute Gasteiger partial charge is 0.380 e. The van der Waals surface area contributed by atoms with E-state index in [2.05, 4.69) is 18.7 Å². The first-order chi connectivity index (χ1) is 8.31. The van der Waals surface area contributed by atoms with Gasteiger partial charge in [0.2, 0.25) is 0 Å². The lowest BCUT2D eigenvalue weighted by atomic mass is 9.84. The van der Waals surface area contributed by atoms with Crippen molar-refractivity contribution in [2.45, 2.75) is 39.5 Å². The summed E-state index contributed by atoms with van der Waals surface area (Å²) in [5.41, 5.74) is 5.83. The highest BCUT2D eigenvalue weighted by atomic mass is 16.5. The standard InChI is InChI=1S/C14H30N2O/c1-3-5-9-17-10-8-16-7-6-14(11-15)13(4-2)12-16/h13-14H,3-12,15H2,1-2H3. The van der Waals surface area contributed by atoms with Crippen LogP contribution in [0.15, 0.2) is 0 Å². The van der Waals surface area contributed by atoms with Crippen molar-refractivity contribution in [3.05, 3.63) is 0 Å². The van der Waals surface area contributed by atoms with Gasteiger partial charge in [0.15, 0.2) is 0 Å². The predicted octanol–water partition coefficient (Wildman–Crippen LogP) is 2.11. The van der Waals surface area contributed by atoms with Gasteiger partial charge in [-0.15, -0.1) is 0 Å². The minimum absolute atomic E-state index is 0.747. The summed E-state index contributed by atoms with van der Waals surface area (Å²) in [7, 11) is 0. The summed E-state index contributed by atoms with van der Waals surface area (Å²) < 4.78 is 5.63. The van der Waals surface area contributed by atoms with Gasteiger partial charge in [0.25, 0.3) is 0 Å². The molecule has 2 atom stereocenters. The van der Waals surface area contributed by atoms with Gasteiger partial charge >= 0.3 is 0 Å². The second kappa shape index (κ2) is 8.90. The highest BCUT2D eigenvalue weighted by Crippen LogP contribution is 2.24. The minimum atomic E-state index is 0.747. The normalized spacial score (nSPS) is 26.3. The number of unbranched alkanes of at least 4 members (excludes halogenated alkanes) is 1. The summed E-state index contributed by atoms with van der Waals surface area (Å²) in [5, 5.41) is 0. The van der Waals surface area contributed by atoms with Crippen molar-refractivity contribution in [3.8, 4) is 0 Å². The number of rotatable bonds is 8. The molecule has 1 rings (SSSR count). The van der Waals surface area contributed by atoms with Crippen LogP contribution < -0.4 is 5.73 Å². The molecule has 0 aromatic rings. The maximum atomic E-state index is 5.83. The zero-order chi connectivity index (χ0) is 12.5. The molecule has 0 spiro atoms. The molecule has 2 unspecified atom stereocenters. The van der Waals surface area contributed by atoms with E-state index in [1.165, 1.54) is 38.8 Å². The average Bonchev–Trinajstić information content (AvgIpc) is 2.38. The molecule has 102 valence electrons. The van der Waals surface area contributed by atoms with E-state index in [0.29, 0.717) is 0 Å². The number of piperidine rings is 1. The summed E-state index contributed by atoms with van der Waals surface area (Å²) in [6.45, 7) is 10.7. The fourth-order valence-electron chi connectivity index (χ4n) is 2.67. The minimum Gasteiger partial charge on any atom is -0.380 e. The molecule has 17 heavy (non-hydrogen) atoms. The lowest BCUT2D eigenvalue weighted by Crippen LogP contribution is -2.43. The van der Waals surface area contributed by atoms with Crippen LogP contribution in [0.2, 0.25) is 0 Å². The van der Waals surface area contributed by atoms with E-state index in [9.17, 15) is 0 Å². The van der Waals surface area contributed by atoms with Crippen LogP contribution in [0.1, 0.15) is 39.5 Å². The highest BCUT2D eigenvalue weighted by Gasteiger charge is 2.26. The number of hydrogen-bond acceptors (Lipinski definition) is 3. The first-order valence-electron chi connectivity index (χ1n) is 7.31. The zero-order valence-corrected chi connectivity index (χ0v) is 11.7. The fraction of sp³-hybridized carbons (Fsp3) is 1.00. The van der Waals surface area contributed by atoms with E-state index in [1.807, 2.05) is 0 Å². The van der Waals surface area contributed by atoms with Crippen molar-refractivity contribution >= 4 is 0 Å². The predicted molar refractivity (Wildman–Crippen MR) is 73.1 cm³/mol. The molecule has 0 aromatic carbocycles. The third-order valence-corrected chi connectivity index (χ3v) is 4.00. The molecule has 0 amide bonds. The van der Waals surface area contributed by atoms with Crippen molar-refractivity contribution in [1.82, 2.24) is 4.90 Å². The number of ether oxygens (including phenoxy) is 1. The molecule has 2 N–H and O–H groups in total. The van der Waals surface area contributed by atoms with E-state index < -0.39 is 0 Å². The Bertz CT molecular complexity index is 187. The number of nitrogens with zero attached hydrogens (tertiary/aromatic N) is 1. The lowest BCUT2D eigenvalue weighted by Gasteiger charge is -2.37. The SMILES string of the molecule is CCCCOCCN1CCC(CN)C(CC)C1. The first-order valence-corrected chi connectivity index (χ1v) is 7.31. The van der Waals surface area contributed by atoms with Crippen molar-refractivity contribution < 1.29 is 4.74 Å². The van der Waals surface area contributed by atoms with Crippen LogP contribution in [0.5, 0.6) is 0 Å². The van der Waals surface area contributed by atoms with E-state index in [-0.39, 0.29) is 0 Å². The van der Waals surface area contributed by atoms with Crippen LogP contribution in [0.4, 0.5) is 0 Å². The van der Waals surface area contributed by atoms with E-state index in [4.69, 9.17) is 10.5 Å². The molecule has 0 bridgehead atoms. The molecule has 1 heterocycles. The van der Waals surface area contributed by atoms with Crippen LogP contribution in [-0.2, 0) is 4.74 Å². The van der Waals surface area contributed by atoms with Crippen LogP contribution in [0.3, 0.4) is 0 Å². The number of likely N-dealkylation sites (tertiary alicyclic amines) is 1. The Balaban J connectivity index is 2.14. The molecule has 0 aliphatic carbocycles. The van der Waals surface area contributed by atoms with Crippen molar-refractivity contribution in [3.63, 3.8) is 0 Å². The molecule has 1 aliphatic rings. The van der Waals surface area contributed by atoms with Gasteiger partial charge in [-0.2, -0.15) is 0 Å². The summed E-state index contributed by atoms with van der Waals surface area (Å²) in [6, 6.07) is 0. The van der Waals surface area contributed by atoms with Gasteiger partial charge in [-0.25, -0.2) is 0 Å². The van der Waals surface area contributed by atoms with E-state index >= 15 is 0 Å². The van der Waals surface area contributed by atoms with Gasteiger partial charge < -0.3 is 15.4 Å². The van der Waals surface area contributed by atoms with Gasteiger partial charge in [-0.05, 0) is 37.8 Å².